The number of anilines is 3. The van der Waals surface area contributed by atoms with Gasteiger partial charge in [0.25, 0.3) is 10.0 Å². The predicted octanol–water partition coefficient (Wildman–Crippen LogP) is 5.72. The van der Waals surface area contributed by atoms with Crippen LogP contribution in [-0.2, 0) is 16.2 Å². The van der Waals surface area contributed by atoms with Crippen molar-refractivity contribution >= 4 is 27.2 Å². The number of halogens is 3. The summed E-state index contributed by atoms with van der Waals surface area (Å²) < 4.78 is 72.3. The third-order valence-electron chi connectivity index (χ3n) is 4.92. The van der Waals surface area contributed by atoms with E-state index in [1.807, 2.05) is 24.3 Å². The normalized spacial score (nSPS) is 11.7. The summed E-state index contributed by atoms with van der Waals surface area (Å²) in [5.74, 6) is 1.18. The fourth-order valence-corrected chi connectivity index (χ4v) is 4.57. The smallest absolute Gasteiger partial charge is 0.417 e. The lowest BCUT2D eigenvalue weighted by Gasteiger charge is -2.14. The third-order valence-corrected chi connectivity index (χ3v) is 6.36. The highest BCUT2D eigenvalue weighted by molar-refractivity contribution is 7.92. The molecule has 0 unspecified atom stereocenters. The van der Waals surface area contributed by atoms with Gasteiger partial charge in [-0.1, -0.05) is 24.3 Å². The Morgan fingerprint density at radius 3 is 2.29 bits per heavy atom. The molecular formula is C24H19F3N4O3S. The number of nitrogens with zero attached hydrogens (tertiary/aromatic N) is 2. The molecule has 0 fully saturated rings. The Bertz CT molecular complexity index is 1440. The lowest BCUT2D eigenvalue weighted by Crippen LogP contribution is -2.18. The minimum Gasteiger partial charge on any atom is -0.497 e. The van der Waals surface area contributed by atoms with Crippen LogP contribution in [-0.4, -0.2) is 25.5 Å². The maximum atomic E-state index is 13.2. The number of nitrogens with one attached hydrogen (secondary N) is 2. The van der Waals surface area contributed by atoms with E-state index in [0.717, 1.165) is 23.8 Å². The van der Waals surface area contributed by atoms with Gasteiger partial charge < -0.3 is 10.1 Å². The van der Waals surface area contributed by atoms with Crippen LogP contribution in [0.2, 0.25) is 0 Å². The van der Waals surface area contributed by atoms with Crippen molar-refractivity contribution < 1.29 is 26.3 Å². The van der Waals surface area contributed by atoms with Crippen molar-refractivity contribution in [1.82, 2.24) is 9.97 Å². The number of ether oxygens (including phenoxy) is 1. The fraction of sp³-hybridized carbons (Fsp3) is 0.0833. The second-order valence-corrected chi connectivity index (χ2v) is 8.97. The Hall–Kier alpha value is -4.12. The molecule has 0 amide bonds. The van der Waals surface area contributed by atoms with Crippen molar-refractivity contribution in [3.63, 3.8) is 0 Å². The van der Waals surface area contributed by atoms with Crippen molar-refractivity contribution in [2.75, 3.05) is 17.1 Å². The van der Waals surface area contributed by atoms with E-state index in [9.17, 15) is 21.6 Å². The van der Waals surface area contributed by atoms with Crippen LogP contribution in [0.5, 0.6) is 5.75 Å². The number of benzene rings is 3. The molecule has 1 aromatic heterocycles. The predicted molar refractivity (Wildman–Crippen MR) is 126 cm³/mol. The van der Waals surface area contributed by atoms with E-state index < -0.39 is 26.7 Å². The summed E-state index contributed by atoms with van der Waals surface area (Å²) in [4.78, 5) is 7.61. The van der Waals surface area contributed by atoms with Gasteiger partial charge in [0.2, 0.25) is 0 Å². The first kappa shape index (κ1) is 24.0. The molecule has 0 bridgehead atoms. The van der Waals surface area contributed by atoms with Crippen LogP contribution in [0, 0.1) is 0 Å². The van der Waals surface area contributed by atoms with Crippen molar-refractivity contribution in [2.24, 2.45) is 0 Å². The van der Waals surface area contributed by atoms with E-state index in [-0.39, 0.29) is 5.69 Å². The monoisotopic (exact) mass is 500 g/mol. The van der Waals surface area contributed by atoms with Crippen LogP contribution in [0.3, 0.4) is 0 Å². The summed E-state index contributed by atoms with van der Waals surface area (Å²) in [6, 6.07) is 19.1. The Morgan fingerprint density at radius 1 is 0.857 bits per heavy atom. The molecule has 7 nitrogen and oxygen atoms in total. The molecule has 1 heterocycles. The topological polar surface area (TPSA) is 93.2 Å². The second kappa shape index (κ2) is 9.63. The molecular weight excluding hydrogens is 481 g/mol. The van der Waals surface area contributed by atoms with Gasteiger partial charge in [-0.15, -0.1) is 0 Å². The lowest BCUT2D eigenvalue weighted by molar-refractivity contribution is -0.139. The largest absolute Gasteiger partial charge is 0.497 e. The zero-order chi connectivity index (χ0) is 25.1. The minimum atomic E-state index is -4.81. The average Bonchev–Trinajstić information content (AvgIpc) is 2.85. The molecule has 4 aromatic rings. The zero-order valence-corrected chi connectivity index (χ0v) is 19.1. The lowest BCUT2D eigenvalue weighted by atomic mass is 10.1. The number of aromatic nitrogens is 2. The maximum absolute atomic E-state index is 13.2. The van der Waals surface area contributed by atoms with Crippen LogP contribution in [0.25, 0.3) is 11.3 Å². The van der Waals surface area contributed by atoms with Crippen LogP contribution in [0.4, 0.5) is 30.4 Å². The number of sulfonamides is 1. The first-order valence-electron chi connectivity index (χ1n) is 10.2. The summed E-state index contributed by atoms with van der Waals surface area (Å²) in [7, 11) is -2.89. The molecule has 0 aliphatic heterocycles. The molecule has 4 rings (SSSR count). The van der Waals surface area contributed by atoms with E-state index in [0.29, 0.717) is 22.9 Å². The van der Waals surface area contributed by atoms with Gasteiger partial charge in [0, 0.05) is 23.0 Å². The fourth-order valence-electron chi connectivity index (χ4n) is 3.28. The summed E-state index contributed by atoms with van der Waals surface area (Å²) in [5, 5.41) is 3.09. The third kappa shape index (κ3) is 5.69. The van der Waals surface area contributed by atoms with Gasteiger partial charge in [-0.2, -0.15) is 13.2 Å². The molecule has 35 heavy (non-hydrogen) atoms. The highest BCUT2D eigenvalue weighted by atomic mass is 32.2. The van der Waals surface area contributed by atoms with Crippen molar-refractivity contribution in [1.29, 1.82) is 0 Å². The van der Waals surface area contributed by atoms with Crippen LogP contribution < -0.4 is 14.8 Å². The number of methoxy groups -OCH3 is 1. The molecule has 0 spiro atoms. The average molecular weight is 501 g/mol. The quantitative estimate of drug-likeness (QED) is 0.337. The molecule has 3 aromatic carbocycles. The first-order valence-corrected chi connectivity index (χ1v) is 11.7. The summed E-state index contributed by atoms with van der Waals surface area (Å²) >= 11 is 0. The molecule has 0 aliphatic carbocycles. The van der Waals surface area contributed by atoms with E-state index in [2.05, 4.69) is 20.0 Å². The van der Waals surface area contributed by atoms with Gasteiger partial charge in [0.15, 0.2) is 0 Å². The molecule has 0 radical (unpaired) electrons. The van der Waals surface area contributed by atoms with Gasteiger partial charge in [-0.05, 0) is 48.5 Å². The van der Waals surface area contributed by atoms with Gasteiger partial charge in [-0.25, -0.2) is 18.4 Å². The highest BCUT2D eigenvalue weighted by Crippen LogP contribution is 2.34. The standard InChI is InChI=1S/C24H19F3N4O3S/c1-34-19-6-4-5-16(13-19)21-14-23(29-15-28-21)30-17-9-11-18(12-10-17)31-35(32,33)22-8-3-2-7-20(22)24(25,26)27/h2-15,31H,1H3,(H,28,29,30). The SMILES string of the molecule is COc1cccc(-c2cc(Nc3ccc(NS(=O)(=O)c4ccccc4C(F)(F)F)cc3)ncn2)c1. The van der Waals surface area contributed by atoms with E-state index >= 15 is 0 Å². The maximum Gasteiger partial charge on any atom is 0.417 e. The molecule has 11 heteroatoms. The molecule has 180 valence electrons. The number of rotatable bonds is 7. The Labute approximate surface area is 199 Å². The van der Waals surface area contributed by atoms with Crippen molar-refractivity contribution in [2.45, 2.75) is 11.1 Å². The van der Waals surface area contributed by atoms with Gasteiger partial charge in [0.05, 0.1) is 23.3 Å². The zero-order valence-electron chi connectivity index (χ0n) is 18.2. The number of hydrogen-bond donors (Lipinski definition) is 2. The van der Waals surface area contributed by atoms with Crippen molar-refractivity contribution in [3.05, 3.63) is 90.8 Å². The molecule has 0 atom stereocenters. The Balaban J connectivity index is 1.51. The molecule has 0 saturated heterocycles. The van der Waals surface area contributed by atoms with E-state index in [1.54, 1.807) is 25.3 Å². The van der Waals surface area contributed by atoms with Crippen LogP contribution in [0.1, 0.15) is 5.56 Å². The van der Waals surface area contributed by atoms with Gasteiger partial charge in [-0.3, -0.25) is 4.72 Å². The van der Waals surface area contributed by atoms with Gasteiger partial charge in [0.1, 0.15) is 17.9 Å². The molecule has 2 N–H and O–H groups in total. The van der Waals surface area contributed by atoms with Crippen LogP contribution in [0.15, 0.2) is 90.1 Å². The Kier molecular flexibility index (Phi) is 6.61. The summed E-state index contributed by atoms with van der Waals surface area (Å²) in [6.07, 6.45) is -3.40. The molecule has 0 aliphatic rings. The first-order chi connectivity index (χ1) is 16.7. The second-order valence-electron chi connectivity index (χ2n) is 7.32. The number of hydrogen-bond acceptors (Lipinski definition) is 6. The van der Waals surface area contributed by atoms with Crippen molar-refractivity contribution in [3.8, 4) is 17.0 Å². The van der Waals surface area contributed by atoms with E-state index in [1.165, 1.54) is 24.5 Å². The number of alkyl halides is 3. The molecule has 0 saturated carbocycles. The summed E-state index contributed by atoms with van der Waals surface area (Å²) in [5.41, 5.74) is 0.945. The minimum absolute atomic E-state index is 0.104. The van der Waals surface area contributed by atoms with Crippen LogP contribution >= 0.6 is 0 Å². The van der Waals surface area contributed by atoms with Gasteiger partial charge >= 0.3 is 6.18 Å². The summed E-state index contributed by atoms with van der Waals surface area (Å²) in [6.45, 7) is 0. The Morgan fingerprint density at radius 2 is 1.57 bits per heavy atom. The van der Waals surface area contributed by atoms with E-state index in [4.69, 9.17) is 4.74 Å². The highest BCUT2D eigenvalue weighted by Gasteiger charge is 2.36.